The average molecular weight is 286 g/mol. The maximum Gasteiger partial charge on any atom is 0.295 e. The highest BCUT2D eigenvalue weighted by Gasteiger charge is 2.41. The molecule has 5 nitrogen and oxygen atoms in total. The molecule has 1 aromatic rings. The second-order valence-electron chi connectivity index (χ2n) is 5.78. The molecule has 0 aliphatic carbocycles. The van der Waals surface area contributed by atoms with E-state index in [0.29, 0.717) is 18.7 Å². The Morgan fingerprint density at radius 1 is 1.10 bits per heavy atom. The van der Waals surface area contributed by atoms with Gasteiger partial charge < -0.3 is 9.80 Å². The van der Waals surface area contributed by atoms with Crippen LogP contribution in [0.15, 0.2) is 30.3 Å². The Hall–Kier alpha value is -2.17. The van der Waals surface area contributed by atoms with Crippen LogP contribution in [-0.4, -0.2) is 53.6 Å². The fourth-order valence-corrected chi connectivity index (χ4v) is 3.18. The summed E-state index contributed by atoms with van der Waals surface area (Å²) < 4.78 is 0. The van der Waals surface area contributed by atoms with E-state index in [2.05, 4.69) is 0 Å². The number of benzene rings is 1. The van der Waals surface area contributed by atoms with Crippen molar-refractivity contribution >= 4 is 17.6 Å². The minimum Gasteiger partial charge on any atom is -0.341 e. The van der Waals surface area contributed by atoms with Crippen LogP contribution >= 0.6 is 0 Å². The maximum atomic E-state index is 12.4. The van der Waals surface area contributed by atoms with Crippen LogP contribution in [0.5, 0.6) is 0 Å². The van der Waals surface area contributed by atoms with E-state index in [-0.39, 0.29) is 17.9 Å². The lowest BCUT2D eigenvalue weighted by Crippen LogP contribution is -2.45. The first-order chi connectivity index (χ1) is 10.1. The normalized spacial score (nSPS) is 24.9. The number of ketones is 1. The monoisotopic (exact) mass is 286 g/mol. The summed E-state index contributed by atoms with van der Waals surface area (Å²) in [5, 5.41) is 0. The molecule has 110 valence electrons. The molecule has 5 heteroatoms. The Kier molecular flexibility index (Phi) is 3.49. The fourth-order valence-electron chi connectivity index (χ4n) is 3.18. The molecular weight excluding hydrogens is 268 g/mol. The fraction of sp³-hybridized carbons (Fsp3) is 0.438. The van der Waals surface area contributed by atoms with Crippen LogP contribution < -0.4 is 0 Å². The summed E-state index contributed by atoms with van der Waals surface area (Å²) in [6.07, 6.45) is 1.70. The zero-order valence-electron chi connectivity index (χ0n) is 12.0. The van der Waals surface area contributed by atoms with Gasteiger partial charge in [-0.25, -0.2) is 0 Å². The number of carbonyl (C=O) groups excluding carboxylic acids is 3. The number of Topliss-reactive ketones (excluding diaryl/α,β-unsaturated/α-hetero) is 1. The van der Waals surface area contributed by atoms with Gasteiger partial charge in [0.05, 0.1) is 5.92 Å². The van der Waals surface area contributed by atoms with Gasteiger partial charge in [0.15, 0.2) is 0 Å². The van der Waals surface area contributed by atoms with E-state index in [0.717, 1.165) is 12.8 Å². The Labute approximate surface area is 123 Å². The highest BCUT2D eigenvalue weighted by molar-refractivity contribution is 6.42. The highest BCUT2D eigenvalue weighted by Crippen LogP contribution is 2.28. The standard InChI is InChI=1S/C16H18N2O3/c1-17-13-8-7-12(15(17)20)9-18(10-13)16(21)14(19)11-5-3-2-4-6-11/h2-6,12-13H,7-10H2,1H3/t12-,13+/m1/s1. The predicted molar refractivity (Wildman–Crippen MR) is 76.6 cm³/mol. The van der Waals surface area contributed by atoms with E-state index >= 15 is 0 Å². The molecule has 0 spiro atoms. The second kappa shape index (κ2) is 5.31. The van der Waals surface area contributed by atoms with Crippen molar-refractivity contribution in [2.24, 2.45) is 5.92 Å². The van der Waals surface area contributed by atoms with Crippen LogP contribution in [-0.2, 0) is 9.59 Å². The van der Waals surface area contributed by atoms with E-state index in [4.69, 9.17) is 0 Å². The van der Waals surface area contributed by atoms with Gasteiger partial charge in [-0.05, 0) is 12.8 Å². The zero-order valence-corrected chi connectivity index (χ0v) is 12.0. The zero-order chi connectivity index (χ0) is 15.0. The summed E-state index contributed by atoms with van der Waals surface area (Å²) in [4.78, 5) is 40.1. The SMILES string of the molecule is CN1C(=O)[C@@H]2CC[C@H]1CN(C(=O)C(=O)c1ccccc1)C2. The number of nitrogens with zero attached hydrogens (tertiary/aromatic N) is 2. The molecule has 1 aromatic carbocycles. The van der Waals surface area contributed by atoms with E-state index in [1.807, 2.05) is 0 Å². The minimum absolute atomic E-state index is 0.0313. The summed E-state index contributed by atoms with van der Waals surface area (Å²) in [5.41, 5.74) is 0.402. The molecule has 3 fully saturated rings. The average Bonchev–Trinajstić information content (AvgIpc) is 2.80. The minimum atomic E-state index is -0.499. The number of likely N-dealkylation sites (N-methyl/N-ethyl adjacent to an activating group) is 1. The van der Waals surface area contributed by atoms with Gasteiger partial charge in [0.1, 0.15) is 0 Å². The van der Waals surface area contributed by atoms with Gasteiger partial charge in [0.25, 0.3) is 5.91 Å². The topological polar surface area (TPSA) is 57.7 Å². The van der Waals surface area contributed by atoms with Crippen molar-refractivity contribution in [2.75, 3.05) is 20.1 Å². The molecule has 3 aliphatic heterocycles. The van der Waals surface area contributed by atoms with Crippen molar-refractivity contribution in [3.8, 4) is 0 Å². The summed E-state index contributed by atoms with van der Waals surface area (Å²) in [7, 11) is 1.78. The van der Waals surface area contributed by atoms with Crippen LogP contribution in [0.25, 0.3) is 0 Å². The van der Waals surface area contributed by atoms with Crippen molar-refractivity contribution in [3.63, 3.8) is 0 Å². The molecule has 0 N–H and O–H groups in total. The molecule has 2 amide bonds. The summed E-state index contributed by atoms with van der Waals surface area (Å²) in [5.74, 6) is -1.07. The molecule has 0 saturated carbocycles. The third kappa shape index (κ3) is 2.44. The van der Waals surface area contributed by atoms with Gasteiger partial charge >= 0.3 is 0 Å². The molecule has 0 unspecified atom stereocenters. The molecule has 2 bridgehead atoms. The second-order valence-corrected chi connectivity index (χ2v) is 5.78. The first kappa shape index (κ1) is 13.8. The molecule has 4 rings (SSSR count). The first-order valence-corrected chi connectivity index (χ1v) is 7.23. The van der Waals surface area contributed by atoms with Crippen LogP contribution in [0.2, 0.25) is 0 Å². The summed E-state index contributed by atoms with van der Waals surface area (Å²) in [6.45, 7) is 0.813. The third-order valence-electron chi connectivity index (χ3n) is 4.48. The van der Waals surface area contributed by atoms with Crippen LogP contribution in [0, 0.1) is 5.92 Å². The molecule has 0 aromatic heterocycles. The summed E-state index contributed by atoms with van der Waals surface area (Å²) >= 11 is 0. The Balaban J connectivity index is 1.80. The summed E-state index contributed by atoms with van der Waals surface area (Å²) in [6, 6.07) is 8.60. The van der Waals surface area contributed by atoms with Crippen molar-refractivity contribution in [1.82, 2.24) is 9.80 Å². The van der Waals surface area contributed by atoms with Gasteiger partial charge in [-0.15, -0.1) is 0 Å². The quantitative estimate of drug-likeness (QED) is 0.601. The van der Waals surface area contributed by atoms with Crippen molar-refractivity contribution in [1.29, 1.82) is 0 Å². The number of hydrogen-bond acceptors (Lipinski definition) is 3. The first-order valence-electron chi connectivity index (χ1n) is 7.23. The van der Waals surface area contributed by atoms with Gasteiger partial charge in [-0.2, -0.15) is 0 Å². The van der Waals surface area contributed by atoms with E-state index in [9.17, 15) is 14.4 Å². The molecule has 3 heterocycles. The highest BCUT2D eigenvalue weighted by atomic mass is 16.2. The van der Waals surface area contributed by atoms with Gasteiger partial charge in [0.2, 0.25) is 11.7 Å². The number of rotatable bonds is 2. The lowest BCUT2D eigenvalue weighted by molar-refractivity contribution is -0.138. The van der Waals surface area contributed by atoms with Crippen LogP contribution in [0.4, 0.5) is 0 Å². The number of fused-ring (bicyclic) bond motifs is 4. The van der Waals surface area contributed by atoms with Gasteiger partial charge in [0, 0.05) is 31.7 Å². The molecule has 3 saturated heterocycles. The molecule has 21 heavy (non-hydrogen) atoms. The number of piperidine rings is 1. The van der Waals surface area contributed by atoms with E-state index in [1.165, 1.54) is 0 Å². The lowest BCUT2D eigenvalue weighted by Gasteiger charge is -2.32. The Morgan fingerprint density at radius 2 is 1.81 bits per heavy atom. The van der Waals surface area contributed by atoms with Crippen molar-refractivity contribution in [3.05, 3.63) is 35.9 Å². The van der Waals surface area contributed by atoms with Crippen LogP contribution in [0.3, 0.4) is 0 Å². The maximum absolute atomic E-state index is 12.4. The smallest absolute Gasteiger partial charge is 0.295 e. The molecule has 2 atom stereocenters. The molecule has 3 aliphatic rings. The van der Waals surface area contributed by atoms with E-state index < -0.39 is 11.7 Å². The lowest BCUT2D eigenvalue weighted by atomic mass is 9.95. The van der Waals surface area contributed by atoms with Gasteiger partial charge in [-0.3, -0.25) is 14.4 Å². The number of carbonyl (C=O) groups is 3. The van der Waals surface area contributed by atoms with Crippen molar-refractivity contribution in [2.45, 2.75) is 18.9 Å². The Morgan fingerprint density at radius 3 is 2.52 bits per heavy atom. The van der Waals surface area contributed by atoms with Gasteiger partial charge in [-0.1, -0.05) is 30.3 Å². The number of hydrogen-bond donors (Lipinski definition) is 0. The van der Waals surface area contributed by atoms with Crippen molar-refractivity contribution < 1.29 is 14.4 Å². The number of amides is 2. The third-order valence-corrected chi connectivity index (χ3v) is 4.48. The largest absolute Gasteiger partial charge is 0.341 e. The van der Waals surface area contributed by atoms with E-state index in [1.54, 1.807) is 47.2 Å². The molecular formula is C16H18N2O3. The predicted octanol–water partition coefficient (Wildman–Crippen LogP) is 0.948. The Bertz CT molecular complexity index is 584. The molecule has 0 radical (unpaired) electrons. The van der Waals surface area contributed by atoms with Crippen LogP contribution in [0.1, 0.15) is 23.2 Å².